The van der Waals surface area contributed by atoms with Gasteiger partial charge in [0.15, 0.2) is 6.10 Å². The summed E-state index contributed by atoms with van der Waals surface area (Å²) in [4.78, 5) is 34.8. The van der Waals surface area contributed by atoms with Gasteiger partial charge in [-0.1, -0.05) is 125 Å². The van der Waals surface area contributed by atoms with Crippen LogP contribution in [0.5, 0.6) is 0 Å². The second-order valence-corrected chi connectivity index (χ2v) is 14.4. The van der Waals surface area contributed by atoms with Gasteiger partial charge in [0, 0.05) is 19.4 Å². The second-order valence-electron chi connectivity index (χ2n) is 13.0. The molecule has 0 spiro atoms. The maximum atomic E-state index is 12.6. The molecule has 0 bridgehead atoms. The van der Waals surface area contributed by atoms with Crippen LogP contribution in [-0.2, 0) is 32.7 Å². The third kappa shape index (κ3) is 37.5. The molecule has 0 fully saturated rings. The van der Waals surface area contributed by atoms with Gasteiger partial charge in [0.2, 0.25) is 0 Å². The van der Waals surface area contributed by atoms with Crippen molar-refractivity contribution >= 4 is 19.8 Å². The van der Waals surface area contributed by atoms with E-state index in [4.69, 9.17) is 24.3 Å². The number of hydrogen-bond donors (Lipinski definition) is 3. The Hall–Kier alpha value is -2.85. The first-order chi connectivity index (χ1) is 26.2. The summed E-state index contributed by atoms with van der Waals surface area (Å²) >= 11 is 0. The van der Waals surface area contributed by atoms with Gasteiger partial charge < -0.3 is 25.2 Å². The smallest absolute Gasteiger partial charge is 0.462 e. The number of unbranched alkanes of at least 4 members (excludes halogenated alkanes) is 8. The van der Waals surface area contributed by atoms with Gasteiger partial charge in [0.25, 0.3) is 0 Å². The Kier molecular flexibility index (Phi) is 36.4. The van der Waals surface area contributed by atoms with Crippen LogP contribution < -0.4 is 5.73 Å². The van der Waals surface area contributed by atoms with Crippen molar-refractivity contribution in [1.29, 1.82) is 0 Å². The third-order valence-corrected chi connectivity index (χ3v) is 8.84. The molecule has 54 heavy (non-hydrogen) atoms. The van der Waals surface area contributed by atoms with E-state index in [1.807, 2.05) is 12.2 Å². The number of carbonyl (C=O) groups is 2. The van der Waals surface area contributed by atoms with Crippen LogP contribution in [-0.4, -0.2) is 60.5 Å². The minimum atomic E-state index is -4.44. The average molecular weight is 778 g/mol. The van der Waals surface area contributed by atoms with Crippen LogP contribution in [0.25, 0.3) is 0 Å². The van der Waals surface area contributed by atoms with Crippen molar-refractivity contribution in [1.82, 2.24) is 0 Å². The van der Waals surface area contributed by atoms with Crippen molar-refractivity contribution in [2.45, 2.75) is 148 Å². The highest BCUT2D eigenvalue weighted by molar-refractivity contribution is 7.47. The molecule has 0 rings (SSSR count). The van der Waals surface area contributed by atoms with Crippen LogP contribution in [0, 0.1) is 0 Å². The first-order valence-corrected chi connectivity index (χ1v) is 21.7. The molecule has 11 heteroatoms. The fraction of sp³-hybridized carbons (Fsp3) is 0.628. The van der Waals surface area contributed by atoms with Crippen molar-refractivity contribution in [2.24, 2.45) is 5.73 Å². The summed E-state index contributed by atoms with van der Waals surface area (Å²) in [7, 11) is -4.44. The van der Waals surface area contributed by atoms with Gasteiger partial charge >= 0.3 is 19.8 Å². The average Bonchev–Trinajstić information content (AvgIpc) is 3.15. The van der Waals surface area contributed by atoms with Crippen LogP contribution >= 0.6 is 7.82 Å². The van der Waals surface area contributed by atoms with Gasteiger partial charge in [0.05, 0.1) is 19.3 Å². The fourth-order valence-corrected chi connectivity index (χ4v) is 5.57. The van der Waals surface area contributed by atoms with E-state index in [-0.39, 0.29) is 32.6 Å². The van der Waals surface area contributed by atoms with Gasteiger partial charge in [-0.3, -0.25) is 18.6 Å². The molecule has 0 amide bonds. The number of phosphoric ester groups is 1. The summed E-state index contributed by atoms with van der Waals surface area (Å²) in [6, 6.07) is 0. The fourth-order valence-electron chi connectivity index (χ4n) is 4.80. The molecule has 0 aromatic rings. The lowest BCUT2D eigenvalue weighted by Gasteiger charge is -2.20. The van der Waals surface area contributed by atoms with Crippen molar-refractivity contribution < 1.29 is 42.7 Å². The highest BCUT2D eigenvalue weighted by Gasteiger charge is 2.26. The molecular formula is C43H72NO9P. The highest BCUT2D eigenvalue weighted by atomic mass is 31.2. The van der Waals surface area contributed by atoms with Gasteiger partial charge in [-0.25, -0.2) is 4.57 Å². The Morgan fingerprint density at radius 3 is 1.72 bits per heavy atom. The molecule has 0 aliphatic carbocycles. The zero-order valence-corrected chi connectivity index (χ0v) is 34.2. The summed E-state index contributed by atoms with van der Waals surface area (Å²) in [5.74, 6) is -1.09. The lowest BCUT2D eigenvalue weighted by atomic mass is 10.1. The summed E-state index contributed by atoms with van der Waals surface area (Å²) in [6.45, 7) is 3.37. The van der Waals surface area contributed by atoms with Gasteiger partial charge in [0.1, 0.15) is 6.61 Å². The predicted molar refractivity (Wildman–Crippen MR) is 221 cm³/mol. The minimum Gasteiger partial charge on any atom is -0.462 e. The molecule has 308 valence electrons. The van der Waals surface area contributed by atoms with E-state index in [0.29, 0.717) is 19.3 Å². The number of nitrogens with two attached hydrogens (primary N) is 1. The van der Waals surface area contributed by atoms with Gasteiger partial charge in [-0.15, -0.1) is 0 Å². The van der Waals surface area contributed by atoms with Crippen LogP contribution in [0.4, 0.5) is 0 Å². The van der Waals surface area contributed by atoms with Gasteiger partial charge in [-0.05, 0) is 83.5 Å². The van der Waals surface area contributed by atoms with Crippen molar-refractivity contribution in [2.75, 3.05) is 26.4 Å². The number of hydrogen-bond acceptors (Lipinski definition) is 9. The van der Waals surface area contributed by atoms with Crippen LogP contribution in [0.3, 0.4) is 0 Å². The molecule has 10 nitrogen and oxygen atoms in total. The topological polar surface area (TPSA) is 155 Å². The summed E-state index contributed by atoms with van der Waals surface area (Å²) in [6.07, 6.45) is 43.6. The Morgan fingerprint density at radius 1 is 0.648 bits per heavy atom. The quantitative estimate of drug-likeness (QED) is 0.0184. The SMILES string of the molecule is CCCCC/C=C\C/C=C\C/C=C\C=C\[C@H](O)CCCC(=O)O[C@H](COC(=O)CCCC/C=C\C/C=C\C/C=C\CCCCC)COP(=O)(O)OCCN. The van der Waals surface area contributed by atoms with Crippen LogP contribution in [0.15, 0.2) is 85.1 Å². The third-order valence-electron chi connectivity index (χ3n) is 7.86. The first-order valence-electron chi connectivity index (χ1n) is 20.2. The molecule has 4 N–H and O–H groups in total. The standard InChI is InChI=1S/C43H72NO9P/c1-3-5-7-9-11-13-15-17-18-20-22-24-26-28-30-34-42(46)50-38-41(39-52-54(48,49)51-37-36-44)53-43(47)35-31-33-40(45)32-29-27-25-23-21-19-16-14-12-10-8-6-4-2/h11-14,17-19,21-22,24-25,27,29,32,40-41,45H,3-10,15-16,20,23,26,28,30-31,33-39,44H2,1-2H3,(H,48,49)/b13-11-,14-12-,18-17-,21-19-,24-22-,27-25-,32-29+/t40-,41+/m0/s1. The number of phosphoric acid groups is 1. The number of allylic oxidation sites excluding steroid dienone is 13. The van der Waals surface area contributed by atoms with Crippen molar-refractivity contribution in [3.8, 4) is 0 Å². The summed E-state index contributed by atoms with van der Waals surface area (Å²) in [5, 5.41) is 10.3. The highest BCUT2D eigenvalue weighted by Crippen LogP contribution is 2.43. The molecule has 0 saturated heterocycles. The number of rotatable bonds is 36. The lowest BCUT2D eigenvalue weighted by molar-refractivity contribution is -0.161. The normalized spacial score (nSPS) is 14.8. The molecule has 0 radical (unpaired) electrons. The lowest BCUT2D eigenvalue weighted by Crippen LogP contribution is -2.29. The molecule has 0 aromatic carbocycles. The van der Waals surface area contributed by atoms with E-state index in [9.17, 15) is 24.2 Å². The molecule has 0 aromatic heterocycles. The van der Waals surface area contributed by atoms with Gasteiger partial charge in [-0.2, -0.15) is 0 Å². The zero-order valence-electron chi connectivity index (χ0n) is 33.3. The summed E-state index contributed by atoms with van der Waals surface area (Å²) < 4.78 is 32.5. The number of aliphatic hydroxyl groups excluding tert-OH is 1. The Morgan fingerprint density at radius 2 is 1.17 bits per heavy atom. The maximum Gasteiger partial charge on any atom is 0.472 e. The van der Waals surface area contributed by atoms with Crippen molar-refractivity contribution in [3.05, 3.63) is 85.1 Å². The number of carbonyl (C=O) groups excluding carboxylic acids is 2. The van der Waals surface area contributed by atoms with E-state index in [1.54, 1.807) is 12.2 Å². The molecule has 1 unspecified atom stereocenters. The van der Waals surface area contributed by atoms with E-state index in [0.717, 1.165) is 51.4 Å². The Bertz CT molecular complexity index is 1180. The molecule has 0 heterocycles. The Labute approximate surface area is 326 Å². The first kappa shape index (κ1) is 51.1. The largest absolute Gasteiger partial charge is 0.472 e. The van der Waals surface area contributed by atoms with Crippen LogP contribution in [0.1, 0.15) is 136 Å². The molecule has 0 aliphatic rings. The number of ether oxygens (including phenoxy) is 2. The van der Waals surface area contributed by atoms with E-state index >= 15 is 0 Å². The summed E-state index contributed by atoms with van der Waals surface area (Å²) in [5.41, 5.74) is 5.32. The van der Waals surface area contributed by atoms with Crippen LogP contribution in [0.2, 0.25) is 0 Å². The number of esters is 2. The molecular weight excluding hydrogens is 705 g/mol. The van der Waals surface area contributed by atoms with E-state index < -0.39 is 38.6 Å². The molecule has 3 atom stereocenters. The Balaban J connectivity index is 4.50. The monoisotopic (exact) mass is 777 g/mol. The minimum absolute atomic E-state index is 0.0109. The maximum absolute atomic E-state index is 12.6. The predicted octanol–water partition coefficient (Wildman–Crippen LogP) is 10.2. The van der Waals surface area contributed by atoms with E-state index in [1.165, 1.54) is 38.5 Å². The molecule has 0 aliphatic heterocycles. The second kappa shape index (κ2) is 38.4. The van der Waals surface area contributed by atoms with Crippen molar-refractivity contribution in [3.63, 3.8) is 0 Å². The number of aliphatic hydroxyl groups is 1. The molecule has 0 saturated carbocycles. The van der Waals surface area contributed by atoms with E-state index in [2.05, 4.69) is 74.6 Å². The zero-order chi connectivity index (χ0) is 39.8.